The zero-order valence-corrected chi connectivity index (χ0v) is 31.7. The average molecular weight is 765 g/mol. The molecule has 56 heavy (non-hydrogen) atoms. The van der Waals surface area contributed by atoms with Crippen molar-refractivity contribution >= 4 is 63.1 Å². The van der Waals surface area contributed by atoms with Crippen LogP contribution >= 0.6 is 0 Å². The van der Waals surface area contributed by atoms with Gasteiger partial charge in [-0.2, -0.15) is 0 Å². The van der Waals surface area contributed by atoms with Crippen LogP contribution in [0.25, 0.3) is 33.1 Å². The second-order valence-corrected chi connectivity index (χ2v) is 14.3. The van der Waals surface area contributed by atoms with Crippen molar-refractivity contribution in [3.8, 4) is 11.4 Å². The Bertz CT molecular complexity index is 2360. The van der Waals surface area contributed by atoms with Crippen molar-refractivity contribution in [3.05, 3.63) is 81.2 Å². The van der Waals surface area contributed by atoms with Gasteiger partial charge in [0.05, 0.1) is 35.6 Å². The molecule has 4 aromatic rings. The third-order valence-electron chi connectivity index (χ3n) is 10.2. The molecule has 0 saturated carbocycles. The third-order valence-corrected chi connectivity index (χ3v) is 10.2. The van der Waals surface area contributed by atoms with Crippen LogP contribution in [0.15, 0.2) is 53.3 Å². The Morgan fingerprint density at radius 1 is 0.946 bits per heavy atom. The Balaban J connectivity index is 1.10. The van der Waals surface area contributed by atoms with Crippen LogP contribution in [0.2, 0.25) is 0 Å². The number of pyridine rings is 2. The molecule has 5 amide bonds. The van der Waals surface area contributed by atoms with Crippen molar-refractivity contribution in [2.75, 3.05) is 18.4 Å². The minimum Gasteiger partial charge on any atom is -0.450 e. The first-order valence-electron chi connectivity index (χ1n) is 18.6. The smallest absolute Gasteiger partial charge is 0.450 e. The van der Waals surface area contributed by atoms with Gasteiger partial charge in [-0.3, -0.25) is 33.7 Å². The molecule has 0 bridgehead atoms. The minimum atomic E-state index is -1.46. The number of imide groups is 1. The molecular weight excluding hydrogens is 720 g/mol. The number of amides is 5. The first-order valence-corrected chi connectivity index (χ1v) is 18.6. The van der Waals surface area contributed by atoms with Crippen molar-refractivity contribution in [2.24, 2.45) is 5.92 Å². The minimum absolute atomic E-state index is 0.169. The van der Waals surface area contributed by atoms with Gasteiger partial charge in [0.1, 0.15) is 12.6 Å². The lowest BCUT2D eigenvalue weighted by atomic mass is 9.94. The maximum Gasteiger partial charge on any atom is 0.506 e. The molecule has 15 heteroatoms. The molecule has 4 heterocycles. The van der Waals surface area contributed by atoms with Crippen LogP contribution in [0.3, 0.4) is 0 Å². The summed E-state index contributed by atoms with van der Waals surface area (Å²) in [6, 6.07) is 10.4. The van der Waals surface area contributed by atoms with Gasteiger partial charge in [-0.15, -0.1) is 0 Å². The van der Waals surface area contributed by atoms with Gasteiger partial charge in [-0.25, -0.2) is 9.78 Å². The summed E-state index contributed by atoms with van der Waals surface area (Å²) in [6.07, 6.45) is 3.52. The number of benzene rings is 2. The molecule has 0 fully saturated rings. The van der Waals surface area contributed by atoms with Gasteiger partial charge >= 0.3 is 6.16 Å². The van der Waals surface area contributed by atoms with Crippen molar-refractivity contribution in [1.82, 2.24) is 25.1 Å². The average Bonchev–Trinajstić information content (AvgIpc) is 3.69. The number of hydrogen-bond donors (Lipinski definition) is 4. The van der Waals surface area contributed by atoms with E-state index in [0.717, 1.165) is 37.7 Å². The van der Waals surface area contributed by atoms with Gasteiger partial charge in [0.2, 0.25) is 17.7 Å². The zero-order valence-electron chi connectivity index (χ0n) is 31.7. The van der Waals surface area contributed by atoms with Gasteiger partial charge in [-0.1, -0.05) is 39.3 Å². The Labute approximate surface area is 322 Å². The van der Waals surface area contributed by atoms with Gasteiger partial charge in [-0.05, 0) is 78.3 Å². The van der Waals surface area contributed by atoms with Crippen LogP contribution in [-0.4, -0.2) is 74.4 Å². The van der Waals surface area contributed by atoms with Crippen LogP contribution < -0.4 is 21.5 Å². The molecule has 292 valence electrons. The number of hydrogen-bond acceptors (Lipinski definition) is 9. The molecule has 1 atom stereocenters. The number of rotatable bonds is 15. The molecule has 2 aliphatic heterocycles. The van der Waals surface area contributed by atoms with Crippen LogP contribution in [0.5, 0.6) is 0 Å². The summed E-state index contributed by atoms with van der Waals surface area (Å²) < 4.78 is 6.32. The van der Waals surface area contributed by atoms with E-state index in [2.05, 4.69) is 16.0 Å². The number of nitrogens with one attached hydrogen (secondary N) is 3. The Morgan fingerprint density at radius 2 is 1.68 bits per heavy atom. The number of fused-ring (bicyclic) bond motifs is 6. The lowest BCUT2D eigenvalue weighted by molar-refractivity contribution is -0.137. The predicted octanol–water partition coefficient (Wildman–Crippen LogP) is 4.32. The van der Waals surface area contributed by atoms with Crippen LogP contribution in [0.1, 0.15) is 68.7 Å². The van der Waals surface area contributed by atoms with E-state index in [1.165, 1.54) is 12.2 Å². The SMILES string of the molecule is CCc1c2c(nc3ccc4ccc(NC(=O)CNC(=O)C(NC(=O)CCCCCN5C(=O)C=CC5=O)C(C)C)cc4c13)-c1cc(C)c(COC(=O)O)c(=O)n1C2. The van der Waals surface area contributed by atoms with E-state index in [1.807, 2.05) is 37.3 Å². The molecule has 0 spiro atoms. The summed E-state index contributed by atoms with van der Waals surface area (Å²) in [7, 11) is 0. The maximum atomic E-state index is 13.5. The molecular formula is C41H44N6O9. The number of aryl methyl sites for hydroxylation is 2. The molecule has 2 aromatic carbocycles. The summed E-state index contributed by atoms with van der Waals surface area (Å²) >= 11 is 0. The van der Waals surface area contributed by atoms with E-state index in [4.69, 9.17) is 14.8 Å². The van der Waals surface area contributed by atoms with E-state index < -0.39 is 24.0 Å². The highest BCUT2D eigenvalue weighted by Crippen LogP contribution is 2.39. The molecule has 4 N–H and O–H groups in total. The van der Waals surface area contributed by atoms with E-state index in [0.29, 0.717) is 48.3 Å². The zero-order chi connectivity index (χ0) is 40.3. The first-order chi connectivity index (χ1) is 26.8. The van der Waals surface area contributed by atoms with Crippen molar-refractivity contribution in [1.29, 1.82) is 0 Å². The number of nitrogens with zero attached hydrogens (tertiary/aromatic N) is 3. The maximum absolute atomic E-state index is 13.5. The van der Waals surface area contributed by atoms with E-state index in [-0.39, 0.29) is 67.4 Å². The number of carbonyl (C=O) groups is 6. The van der Waals surface area contributed by atoms with Crippen LogP contribution in [0.4, 0.5) is 10.5 Å². The Kier molecular flexibility index (Phi) is 11.6. The summed E-state index contributed by atoms with van der Waals surface area (Å²) in [5.74, 6) is -2.18. The van der Waals surface area contributed by atoms with Crippen molar-refractivity contribution < 1.29 is 38.6 Å². The standard InChI is InChI=1S/C41H44N6O9/c1-5-26-28-20-47-31(17-23(4)29(40(47)53)21-56-41(54)55)38(28)44-30-13-11-24-10-12-25(18-27(24)36(26)30)43-33(49)19-42-39(52)37(22(2)3)45-32(48)9-7-6-8-16-46-34(50)14-15-35(46)51/h10-15,17-18,22,37H,5-9,16,19-21H2,1-4H3,(H,42,52)(H,43,49)(H,45,48)(H,54,55). The van der Waals surface area contributed by atoms with Gasteiger partial charge in [0.15, 0.2) is 0 Å². The fraction of sp³-hybridized carbons (Fsp3) is 0.366. The predicted molar refractivity (Wildman–Crippen MR) is 208 cm³/mol. The second-order valence-electron chi connectivity index (χ2n) is 14.3. The summed E-state index contributed by atoms with van der Waals surface area (Å²) in [6.45, 7) is 7.25. The highest BCUT2D eigenvalue weighted by Gasteiger charge is 2.29. The number of carboxylic acid groups (broad SMARTS) is 1. The normalized spacial score (nSPS) is 13.6. The fourth-order valence-corrected chi connectivity index (χ4v) is 7.33. The van der Waals surface area contributed by atoms with Gasteiger partial charge < -0.3 is 30.4 Å². The van der Waals surface area contributed by atoms with Crippen LogP contribution in [-0.2, 0) is 48.3 Å². The van der Waals surface area contributed by atoms with Crippen LogP contribution in [0, 0.1) is 12.8 Å². The summed E-state index contributed by atoms with van der Waals surface area (Å²) in [4.78, 5) is 92.9. The molecule has 1 unspecified atom stereocenters. The highest BCUT2D eigenvalue weighted by atomic mass is 16.7. The van der Waals surface area contributed by atoms with Gasteiger partial charge in [0, 0.05) is 41.8 Å². The first kappa shape index (κ1) is 39.3. The molecule has 0 aliphatic carbocycles. The van der Waals surface area contributed by atoms with E-state index >= 15 is 0 Å². The molecule has 2 aromatic heterocycles. The van der Waals surface area contributed by atoms with Gasteiger partial charge in [0.25, 0.3) is 17.4 Å². The number of aromatic nitrogens is 2. The Morgan fingerprint density at radius 3 is 2.38 bits per heavy atom. The quantitative estimate of drug-likeness (QED) is 0.0514. The molecule has 6 rings (SSSR count). The highest BCUT2D eigenvalue weighted by molar-refractivity contribution is 6.13. The lowest BCUT2D eigenvalue weighted by Gasteiger charge is -2.21. The molecule has 15 nitrogen and oxygen atoms in total. The lowest BCUT2D eigenvalue weighted by Crippen LogP contribution is -2.51. The summed E-state index contributed by atoms with van der Waals surface area (Å²) in [5, 5.41) is 19.9. The molecule has 2 aliphatic rings. The number of carbonyl (C=O) groups excluding carboxylic acids is 5. The number of anilines is 1. The summed E-state index contributed by atoms with van der Waals surface area (Å²) in [5.41, 5.74) is 5.04. The largest absolute Gasteiger partial charge is 0.506 e. The van der Waals surface area contributed by atoms with Crippen molar-refractivity contribution in [3.63, 3.8) is 0 Å². The van der Waals surface area contributed by atoms with E-state index in [9.17, 15) is 33.6 Å². The number of ether oxygens (including phenoxy) is 1. The van der Waals surface area contributed by atoms with Crippen molar-refractivity contribution in [2.45, 2.75) is 79.0 Å². The third kappa shape index (κ3) is 8.16. The topological polar surface area (TPSA) is 206 Å². The Hall–Kier alpha value is -6.38. The fourth-order valence-electron chi connectivity index (χ4n) is 7.33. The second kappa shape index (κ2) is 16.6. The monoisotopic (exact) mass is 764 g/mol. The molecule has 0 saturated heterocycles. The molecule has 0 radical (unpaired) electrons. The number of unbranched alkanes of at least 4 members (excludes halogenated alkanes) is 2. The van der Waals surface area contributed by atoms with E-state index in [1.54, 1.807) is 31.4 Å².